The minimum atomic E-state index is -1.75. The van der Waals surface area contributed by atoms with Crippen LogP contribution in [0.15, 0.2) is 0 Å². The highest BCUT2D eigenvalue weighted by Gasteiger charge is 2.46. The van der Waals surface area contributed by atoms with Crippen LogP contribution in [-0.2, 0) is 9.53 Å². The van der Waals surface area contributed by atoms with Crippen molar-refractivity contribution in [1.82, 2.24) is 0 Å². The molecular formula is C8H14O5. The van der Waals surface area contributed by atoms with E-state index in [-0.39, 0.29) is 25.4 Å². The fourth-order valence-electron chi connectivity index (χ4n) is 1.44. The van der Waals surface area contributed by atoms with Gasteiger partial charge in [-0.05, 0) is 6.92 Å². The Labute approximate surface area is 75.9 Å². The number of ketones is 1. The van der Waals surface area contributed by atoms with Gasteiger partial charge in [-0.2, -0.15) is 0 Å². The summed E-state index contributed by atoms with van der Waals surface area (Å²) in [6.45, 7) is 1.19. The standard InChI is InChI=1S/C8H14O5/c1-5(9)2-8(12)6(10)3-13-4-7(8)11/h6-7,10-12H,2-4H2,1H3/t6-,7+,8-. The van der Waals surface area contributed by atoms with Crippen molar-refractivity contribution in [1.29, 1.82) is 0 Å². The summed E-state index contributed by atoms with van der Waals surface area (Å²) in [4.78, 5) is 10.8. The van der Waals surface area contributed by atoms with Crippen LogP contribution in [0, 0.1) is 0 Å². The lowest BCUT2D eigenvalue weighted by Crippen LogP contribution is -2.60. The number of hydrogen-bond acceptors (Lipinski definition) is 5. The molecule has 1 rings (SSSR count). The van der Waals surface area contributed by atoms with Gasteiger partial charge < -0.3 is 20.1 Å². The van der Waals surface area contributed by atoms with Gasteiger partial charge in [-0.3, -0.25) is 4.79 Å². The fourth-order valence-corrected chi connectivity index (χ4v) is 1.44. The SMILES string of the molecule is CC(=O)C[C@@]1(O)[C@H](O)COC[C@@H]1O. The highest BCUT2D eigenvalue weighted by Crippen LogP contribution is 2.25. The van der Waals surface area contributed by atoms with E-state index in [0.29, 0.717) is 0 Å². The van der Waals surface area contributed by atoms with Gasteiger partial charge in [0.15, 0.2) is 0 Å². The largest absolute Gasteiger partial charge is 0.388 e. The molecular weight excluding hydrogens is 176 g/mol. The van der Waals surface area contributed by atoms with E-state index in [1.165, 1.54) is 6.92 Å². The lowest BCUT2D eigenvalue weighted by atomic mass is 9.84. The summed E-state index contributed by atoms with van der Waals surface area (Å²) in [6.07, 6.45) is -2.67. The van der Waals surface area contributed by atoms with Crippen LogP contribution in [0.5, 0.6) is 0 Å². The molecule has 3 atom stereocenters. The molecule has 76 valence electrons. The van der Waals surface area contributed by atoms with Crippen LogP contribution in [0.1, 0.15) is 13.3 Å². The van der Waals surface area contributed by atoms with Crippen molar-refractivity contribution in [3.8, 4) is 0 Å². The van der Waals surface area contributed by atoms with E-state index in [9.17, 15) is 20.1 Å². The van der Waals surface area contributed by atoms with Gasteiger partial charge in [0, 0.05) is 6.42 Å². The zero-order valence-electron chi connectivity index (χ0n) is 7.43. The van der Waals surface area contributed by atoms with Gasteiger partial charge in [0.1, 0.15) is 23.6 Å². The minimum absolute atomic E-state index is 0.0547. The van der Waals surface area contributed by atoms with Gasteiger partial charge in [0.25, 0.3) is 0 Å². The Hall–Kier alpha value is -0.490. The molecule has 1 heterocycles. The molecule has 13 heavy (non-hydrogen) atoms. The molecule has 5 nitrogen and oxygen atoms in total. The Kier molecular flexibility index (Phi) is 3.02. The maximum Gasteiger partial charge on any atom is 0.132 e. The van der Waals surface area contributed by atoms with Crippen LogP contribution in [0.4, 0.5) is 0 Å². The van der Waals surface area contributed by atoms with Crippen molar-refractivity contribution in [2.24, 2.45) is 0 Å². The molecule has 0 spiro atoms. The lowest BCUT2D eigenvalue weighted by molar-refractivity contribution is -0.215. The van der Waals surface area contributed by atoms with Crippen molar-refractivity contribution in [2.75, 3.05) is 13.2 Å². The topological polar surface area (TPSA) is 87.0 Å². The second kappa shape index (κ2) is 3.71. The van der Waals surface area contributed by atoms with Crippen LogP contribution < -0.4 is 0 Å². The number of carbonyl (C=O) groups is 1. The van der Waals surface area contributed by atoms with Crippen molar-refractivity contribution in [3.63, 3.8) is 0 Å². The molecule has 0 saturated carbocycles. The van der Waals surface area contributed by atoms with Gasteiger partial charge in [-0.1, -0.05) is 0 Å². The Morgan fingerprint density at radius 2 is 1.92 bits per heavy atom. The molecule has 1 saturated heterocycles. The van der Waals surface area contributed by atoms with Crippen LogP contribution in [-0.4, -0.2) is 52.1 Å². The summed E-state index contributed by atoms with van der Waals surface area (Å²) in [5.41, 5.74) is -1.75. The highest BCUT2D eigenvalue weighted by molar-refractivity contribution is 5.76. The minimum Gasteiger partial charge on any atom is -0.388 e. The first-order valence-electron chi connectivity index (χ1n) is 4.12. The summed E-state index contributed by atoms with van der Waals surface area (Å²) in [5, 5.41) is 28.5. The molecule has 0 aromatic heterocycles. The Morgan fingerprint density at radius 1 is 1.46 bits per heavy atom. The molecule has 1 aliphatic heterocycles. The van der Waals surface area contributed by atoms with Crippen LogP contribution in [0.25, 0.3) is 0 Å². The monoisotopic (exact) mass is 190 g/mol. The van der Waals surface area contributed by atoms with Crippen LogP contribution in [0.3, 0.4) is 0 Å². The normalized spacial score (nSPS) is 40.3. The first-order chi connectivity index (χ1) is 5.97. The smallest absolute Gasteiger partial charge is 0.132 e. The summed E-state index contributed by atoms with van der Waals surface area (Å²) < 4.78 is 4.80. The summed E-state index contributed by atoms with van der Waals surface area (Å²) in [7, 11) is 0. The van der Waals surface area contributed by atoms with Gasteiger partial charge in [0.05, 0.1) is 13.2 Å². The Balaban J connectivity index is 2.74. The predicted molar refractivity (Wildman–Crippen MR) is 43.1 cm³/mol. The third kappa shape index (κ3) is 2.05. The number of aliphatic hydroxyl groups excluding tert-OH is 2. The Bertz CT molecular complexity index is 193. The van der Waals surface area contributed by atoms with Gasteiger partial charge in [-0.15, -0.1) is 0 Å². The van der Waals surface area contributed by atoms with Crippen molar-refractivity contribution >= 4 is 5.78 Å². The average molecular weight is 190 g/mol. The van der Waals surface area contributed by atoms with E-state index < -0.39 is 17.8 Å². The number of rotatable bonds is 2. The lowest BCUT2D eigenvalue weighted by Gasteiger charge is -2.39. The fraction of sp³-hybridized carbons (Fsp3) is 0.875. The first-order valence-corrected chi connectivity index (χ1v) is 4.12. The molecule has 0 aromatic carbocycles. The summed E-state index contributed by atoms with van der Waals surface area (Å²) in [5.74, 6) is -0.275. The number of hydrogen-bond donors (Lipinski definition) is 3. The molecule has 0 unspecified atom stereocenters. The van der Waals surface area contributed by atoms with Crippen molar-refractivity contribution in [3.05, 3.63) is 0 Å². The molecule has 0 amide bonds. The molecule has 1 aliphatic rings. The third-order valence-corrected chi connectivity index (χ3v) is 2.24. The quantitative estimate of drug-likeness (QED) is 0.490. The molecule has 3 N–H and O–H groups in total. The number of ether oxygens (including phenoxy) is 1. The zero-order valence-corrected chi connectivity index (χ0v) is 7.43. The predicted octanol–water partition coefficient (Wildman–Crippen LogP) is -1.55. The van der Waals surface area contributed by atoms with E-state index in [4.69, 9.17) is 4.74 Å². The second-order valence-electron chi connectivity index (χ2n) is 3.44. The second-order valence-corrected chi connectivity index (χ2v) is 3.44. The molecule has 0 aliphatic carbocycles. The van der Waals surface area contributed by atoms with Crippen LogP contribution >= 0.6 is 0 Å². The molecule has 0 radical (unpaired) electrons. The molecule has 5 heteroatoms. The zero-order chi connectivity index (χ0) is 10.1. The number of Topliss-reactive ketones (excluding diaryl/α,β-unsaturated/α-hetero) is 1. The summed E-state index contributed by atoms with van der Waals surface area (Å²) >= 11 is 0. The molecule has 1 fully saturated rings. The van der Waals surface area contributed by atoms with Crippen molar-refractivity contribution in [2.45, 2.75) is 31.2 Å². The van der Waals surface area contributed by atoms with Gasteiger partial charge in [0.2, 0.25) is 0 Å². The molecule has 0 aromatic rings. The van der Waals surface area contributed by atoms with E-state index in [1.54, 1.807) is 0 Å². The van der Waals surface area contributed by atoms with E-state index >= 15 is 0 Å². The average Bonchev–Trinajstić information content (AvgIpc) is 1.99. The van der Waals surface area contributed by atoms with E-state index in [1.807, 2.05) is 0 Å². The third-order valence-electron chi connectivity index (χ3n) is 2.24. The Morgan fingerprint density at radius 3 is 2.31 bits per heavy atom. The van der Waals surface area contributed by atoms with E-state index in [0.717, 1.165) is 0 Å². The maximum absolute atomic E-state index is 10.8. The maximum atomic E-state index is 10.8. The number of aliphatic hydroxyl groups is 3. The molecule has 0 bridgehead atoms. The highest BCUT2D eigenvalue weighted by atomic mass is 16.5. The first kappa shape index (κ1) is 10.6. The van der Waals surface area contributed by atoms with Gasteiger partial charge >= 0.3 is 0 Å². The summed E-state index contributed by atoms with van der Waals surface area (Å²) in [6, 6.07) is 0. The van der Waals surface area contributed by atoms with Crippen molar-refractivity contribution < 1.29 is 24.9 Å². The van der Waals surface area contributed by atoms with Crippen LogP contribution in [0.2, 0.25) is 0 Å². The number of carbonyl (C=O) groups excluding carboxylic acids is 1. The van der Waals surface area contributed by atoms with Gasteiger partial charge in [-0.25, -0.2) is 0 Å². The van der Waals surface area contributed by atoms with E-state index in [2.05, 4.69) is 0 Å².